The summed E-state index contributed by atoms with van der Waals surface area (Å²) < 4.78 is 3.19. The second kappa shape index (κ2) is 6.00. The zero-order valence-corrected chi connectivity index (χ0v) is 13.8. The van der Waals surface area contributed by atoms with Gasteiger partial charge in [0.15, 0.2) is 0 Å². The summed E-state index contributed by atoms with van der Waals surface area (Å²) >= 11 is 3.68. The van der Waals surface area contributed by atoms with Gasteiger partial charge in [-0.3, -0.25) is 4.57 Å². The molecular formula is C17H18BrN3. The van der Waals surface area contributed by atoms with E-state index < -0.39 is 0 Å². The maximum absolute atomic E-state index is 4.45. The van der Waals surface area contributed by atoms with Gasteiger partial charge in [-0.25, -0.2) is 4.98 Å². The molecule has 1 N–H and O–H groups in total. The topological polar surface area (TPSA) is 29.9 Å². The van der Waals surface area contributed by atoms with Crippen molar-refractivity contribution >= 4 is 27.0 Å². The van der Waals surface area contributed by atoms with Crippen LogP contribution in [-0.4, -0.2) is 15.6 Å². The number of imidazole rings is 1. The maximum Gasteiger partial charge on any atom is 0.100 e. The van der Waals surface area contributed by atoms with E-state index in [-0.39, 0.29) is 0 Å². The Kier molecular flexibility index (Phi) is 4.08. The Hall–Kier alpha value is -1.65. The van der Waals surface area contributed by atoms with Crippen molar-refractivity contribution in [3.63, 3.8) is 0 Å². The van der Waals surface area contributed by atoms with E-state index in [1.165, 1.54) is 5.56 Å². The molecule has 0 radical (unpaired) electrons. The summed E-state index contributed by atoms with van der Waals surface area (Å²) in [7, 11) is 0. The monoisotopic (exact) mass is 343 g/mol. The van der Waals surface area contributed by atoms with Gasteiger partial charge in [0.05, 0.1) is 16.7 Å². The predicted molar refractivity (Wildman–Crippen MR) is 90.7 cm³/mol. The third-order valence-corrected chi connectivity index (χ3v) is 4.07. The van der Waals surface area contributed by atoms with Gasteiger partial charge in [-0.2, -0.15) is 0 Å². The smallest absolute Gasteiger partial charge is 0.100 e. The first-order valence-corrected chi connectivity index (χ1v) is 7.89. The molecule has 1 aromatic heterocycles. The SMILES string of the molecule is CC(C)NCc1ccc(-n2cnc3ccccc32)c(Br)c1. The zero-order chi connectivity index (χ0) is 14.8. The normalized spacial score (nSPS) is 11.4. The van der Waals surface area contributed by atoms with E-state index in [0.29, 0.717) is 6.04 Å². The molecule has 0 saturated carbocycles. The van der Waals surface area contributed by atoms with Crippen molar-refractivity contribution in [1.29, 1.82) is 0 Å². The quantitative estimate of drug-likeness (QED) is 0.765. The number of nitrogens with zero attached hydrogens (tertiary/aromatic N) is 2. The fourth-order valence-electron chi connectivity index (χ4n) is 2.33. The highest BCUT2D eigenvalue weighted by molar-refractivity contribution is 9.10. The Morgan fingerprint density at radius 2 is 2.00 bits per heavy atom. The van der Waals surface area contributed by atoms with E-state index in [2.05, 4.69) is 68.9 Å². The second-order valence-electron chi connectivity index (χ2n) is 5.42. The molecule has 3 rings (SSSR count). The second-order valence-corrected chi connectivity index (χ2v) is 6.28. The molecule has 0 aliphatic rings. The number of para-hydroxylation sites is 2. The summed E-state index contributed by atoms with van der Waals surface area (Å²) in [6.45, 7) is 5.18. The first-order chi connectivity index (χ1) is 10.1. The third-order valence-electron chi connectivity index (χ3n) is 3.44. The maximum atomic E-state index is 4.45. The van der Waals surface area contributed by atoms with Crippen LogP contribution in [0.4, 0.5) is 0 Å². The highest BCUT2D eigenvalue weighted by Crippen LogP contribution is 2.26. The number of nitrogens with one attached hydrogen (secondary N) is 1. The molecule has 0 spiro atoms. The van der Waals surface area contributed by atoms with Crippen LogP contribution in [0.5, 0.6) is 0 Å². The van der Waals surface area contributed by atoms with Crippen LogP contribution < -0.4 is 5.32 Å². The average molecular weight is 344 g/mol. The van der Waals surface area contributed by atoms with Gasteiger partial charge in [-0.05, 0) is 45.8 Å². The van der Waals surface area contributed by atoms with Gasteiger partial charge < -0.3 is 5.32 Å². The lowest BCUT2D eigenvalue weighted by Crippen LogP contribution is -2.21. The average Bonchev–Trinajstić information content (AvgIpc) is 2.89. The minimum Gasteiger partial charge on any atom is -0.310 e. The zero-order valence-electron chi connectivity index (χ0n) is 12.2. The molecule has 21 heavy (non-hydrogen) atoms. The molecular weight excluding hydrogens is 326 g/mol. The molecule has 0 saturated heterocycles. The number of fused-ring (bicyclic) bond motifs is 1. The van der Waals surface area contributed by atoms with Crippen LogP contribution >= 0.6 is 15.9 Å². The molecule has 2 aromatic carbocycles. The van der Waals surface area contributed by atoms with Crippen molar-refractivity contribution in [1.82, 2.24) is 14.9 Å². The minimum atomic E-state index is 0.487. The fraction of sp³-hybridized carbons (Fsp3) is 0.235. The van der Waals surface area contributed by atoms with Crippen LogP contribution in [-0.2, 0) is 6.54 Å². The van der Waals surface area contributed by atoms with Gasteiger partial charge in [0, 0.05) is 17.1 Å². The predicted octanol–water partition coefficient (Wildman–Crippen LogP) is 4.29. The molecule has 4 heteroatoms. The van der Waals surface area contributed by atoms with Gasteiger partial charge in [-0.1, -0.05) is 32.0 Å². The molecule has 0 unspecified atom stereocenters. The fourth-order valence-corrected chi connectivity index (χ4v) is 2.95. The molecule has 0 amide bonds. The van der Waals surface area contributed by atoms with Gasteiger partial charge >= 0.3 is 0 Å². The van der Waals surface area contributed by atoms with E-state index in [0.717, 1.165) is 27.7 Å². The molecule has 1 heterocycles. The Bertz CT molecular complexity index is 762. The number of rotatable bonds is 4. The van der Waals surface area contributed by atoms with E-state index in [4.69, 9.17) is 0 Å². The van der Waals surface area contributed by atoms with Crippen molar-refractivity contribution in [2.45, 2.75) is 26.4 Å². The molecule has 0 aliphatic carbocycles. The lowest BCUT2D eigenvalue weighted by molar-refractivity contribution is 0.588. The van der Waals surface area contributed by atoms with Crippen molar-refractivity contribution in [3.05, 3.63) is 58.8 Å². The van der Waals surface area contributed by atoms with Crippen LogP contribution in [0.3, 0.4) is 0 Å². The summed E-state index contributed by atoms with van der Waals surface area (Å²) in [4.78, 5) is 4.45. The van der Waals surface area contributed by atoms with Gasteiger partial charge in [0.1, 0.15) is 6.33 Å². The van der Waals surface area contributed by atoms with E-state index in [9.17, 15) is 0 Å². The van der Waals surface area contributed by atoms with Gasteiger partial charge in [0.2, 0.25) is 0 Å². The number of aromatic nitrogens is 2. The molecule has 3 aromatic rings. The van der Waals surface area contributed by atoms with Gasteiger partial charge in [0.25, 0.3) is 0 Å². The van der Waals surface area contributed by atoms with Crippen molar-refractivity contribution in [2.75, 3.05) is 0 Å². The van der Waals surface area contributed by atoms with E-state index in [1.807, 2.05) is 24.5 Å². The van der Waals surface area contributed by atoms with Crippen LogP contribution in [0.25, 0.3) is 16.7 Å². The van der Waals surface area contributed by atoms with E-state index >= 15 is 0 Å². The highest BCUT2D eigenvalue weighted by atomic mass is 79.9. The Balaban J connectivity index is 1.96. The largest absolute Gasteiger partial charge is 0.310 e. The summed E-state index contributed by atoms with van der Waals surface area (Å²) in [6.07, 6.45) is 1.87. The Morgan fingerprint density at radius 3 is 2.76 bits per heavy atom. The first kappa shape index (κ1) is 14.3. The molecule has 0 fully saturated rings. The van der Waals surface area contributed by atoms with Crippen LogP contribution in [0.1, 0.15) is 19.4 Å². The minimum absolute atomic E-state index is 0.487. The summed E-state index contributed by atoms with van der Waals surface area (Å²) in [5.74, 6) is 0. The van der Waals surface area contributed by atoms with Crippen molar-refractivity contribution < 1.29 is 0 Å². The number of hydrogen-bond acceptors (Lipinski definition) is 2. The van der Waals surface area contributed by atoms with Gasteiger partial charge in [-0.15, -0.1) is 0 Å². The first-order valence-electron chi connectivity index (χ1n) is 7.09. The molecule has 0 bridgehead atoms. The Morgan fingerprint density at radius 1 is 1.19 bits per heavy atom. The van der Waals surface area contributed by atoms with Crippen molar-refractivity contribution in [3.8, 4) is 5.69 Å². The standard InChI is InChI=1S/C17H18BrN3/c1-12(2)19-10-13-7-8-16(14(18)9-13)21-11-20-15-5-3-4-6-17(15)21/h3-9,11-12,19H,10H2,1-2H3. The third kappa shape index (κ3) is 3.01. The molecule has 108 valence electrons. The molecule has 3 nitrogen and oxygen atoms in total. The number of halogens is 1. The molecule has 0 aliphatic heterocycles. The van der Waals surface area contributed by atoms with E-state index in [1.54, 1.807) is 0 Å². The molecule has 0 atom stereocenters. The van der Waals surface area contributed by atoms with Crippen LogP contribution in [0, 0.1) is 0 Å². The summed E-state index contributed by atoms with van der Waals surface area (Å²) in [6, 6.07) is 15.1. The summed E-state index contributed by atoms with van der Waals surface area (Å²) in [5, 5.41) is 3.43. The lowest BCUT2D eigenvalue weighted by atomic mass is 10.2. The van der Waals surface area contributed by atoms with Crippen molar-refractivity contribution in [2.24, 2.45) is 0 Å². The van der Waals surface area contributed by atoms with Crippen LogP contribution in [0.2, 0.25) is 0 Å². The number of hydrogen-bond donors (Lipinski definition) is 1. The van der Waals surface area contributed by atoms with Crippen LogP contribution in [0.15, 0.2) is 53.3 Å². The Labute approximate surface area is 133 Å². The highest BCUT2D eigenvalue weighted by Gasteiger charge is 2.08. The number of benzene rings is 2. The summed E-state index contributed by atoms with van der Waals surface area (Å²) in [5.41, 5.74) is 4.50. The lowest BCUT2D eigenvalue weighted by Gasteiger charge is -2.11.